The largest absolute Gasteiger partial charge is 0.489 e. The van der Waals surface area contributed by atoms with Gasteiger partial charge < -0.3 is 9.64 Å². The molecule has 0 N–H and O–H groups in total. The van der Waals surface area contributed by atoms with Crippen LogP contribution in [0.5, 0.6) is 5.75 Å². The van der Waals surface area contributed by atoms with E-state index in [4.69, 9.17) is 16.3 Å². The molecule has 166 valence electrons. The fourth-order valence-corrected chi connectivity index (χ4v) is 4.31. The van der Waals surface area contributed by atoms with Gasteiger partial charge in [0.1, 0.15) is 18.2 Å². The molecular weight excluding hydrogens is 495 g/mol. The molecule has 1 aliphatic heterocycles. The number of rotatable bonds is 6. The van der Waals surface area contributed by atoms with E-state index < -0.39 is 0 Å². The van der Waals surface area contributed by atoms with Crippen LogP contribution >= 0.6 is 27.5 Å². The van der Waals surface area contributed by atoms with Gasteiger partial charge in [-0.1, -0.05) is 51.8 Å². The lowest BCUT2D eigenvalue weighted by Gasteiger charge is -2.35. The van der Waals surface area contributed by atoms with Crippen LogP contribution in [-0.2, 0) is 13.2 Å². The van der Waals surface area contributed by atoms with Crippen molar-refractivity contribution in [3.8, 4) is 5.75 Å². The molecule has 4 rings (SSSR count). The second-order valence-corrected chi connectivity index (χ2v) is 9.07. The summed E-state index contributed by atoms with van der Waals surface area (Å²) in [5, 5.41) is 0.436. The minimum absolute atomic E-state index is 0.0220. The maximum atomic E-state index is 13.3. The number of ether oxygens (including phenoxy) is 1. The van der Waals surface area contributed by atoms with Crippen LogP contribution in [0.15, 0.2) is 71.2 Å². The second-order valence-electron chi connectivity index (χ2n) is 7.75. The number of piperazine rings is 1. The number of benzene rings is 3. The van der Waals surface area contributed by atoms with Gasteiger partial charge >= 0.3 is 0 Å². The first kappa shape index (κ1) is 22.8. The van der Waals surface area contributed by atoms with E-state index in [1.165, 1.54) is 12.1 Å². The summed E-state index contributed by atoms with van der Waals surface area (Å²) >= 11 is 9.59. The second kappa shape index (κ2) is 10.5. The van der Waals surface area contributed by atoms with Crippen molar-refractivity contribution in [3.05, 3.63) is 98.7 Å². The molecule has 0 bridgehead atoms. The van der Waals surface area contributed by atoms with Crippen molar-refractivity contribution < 1.29 is 13.9 Å². The Bertz CT molecular complexity index is 1100. The number of carbonyl (C=O) groups excluding carboxylic acids is 1. The molecule has 0 atom stereocenters. The molecule has 0 aliphatic carbocycles. The topological polar surface area (TPSA) is 32.8 Å². The van der Waals surface area contributed by atoms with E-state index in [0.717, 1.165) is 34.4 Å². The van der Waals surface area contributed by atoms with Crippen LogP contribution in [0.2, 0.25) is 5.02 Å². The van der Waals surface area contributed by atoms with Gasteiger partial charge in [-0.25, -0.2) is 4.39 Å². The predicted molar refractivity (Wildman–Crippen MR) is 128 cm³/mol. The lowest BCUT2D eigenvalue weighted by molar-refractivity contribution is 0.0628. The van der Waals surface area contributed by atoms with Crippen molar-refractivity contribution >= 4 is 33.4 Å². The van der Waals surface area contributed by atoms with Gasteiger partial charge in [0, 0.05) is 47.8 Å². The molecule has 1 fully saturated rings. The maximum absolute atomic E-state index is 13.3. The highest BCUT2D eigenvalue weighted by molar-refractivity contribution is 9.10. The molecule has 0 saturated carbocycles. The third-order valence-corrected chi connectivity index (χ3v) is 6.29. The van der Waals surface area contributed by atoms with Crippen LogP contribution < -0.4 is 4.74 Å². The van der Waals surface area contributed by atoms with Crippen LogP contribution in [0, 0.1) is 5.82 Å². The fourth-order valence-electron chi connectivity index (χ4n) is 3.70. The van der Waals surface area contributed by atoms with E-state index in [9.17, 15) is 9.18 Å². The summed E-state index contributed by atoms with van der Waals surface area (Å²) in [4.78, 5) is 17.1. The van der Waals surface area contributed by atoms with Crippen molar-refractivity contribution in [3.63, 3.8) is 0 Å². The molecule has 0 unspecified atom stereocenters. The highest BCUT2D eigenvalue weighted by Crippen LogP contribution is 2.21. The molecule has 32 heavy (non-hydrogen) atoms. The zero-order valence-corrected chi connectivity index (χ0v) is 19.8. The summed E-state index contributed by atoms with van der Waals surface area (Å²) in [5.41, 5.74) is 2.50. The molecule has 1 saturated heterocycles. The molecule has 1 amide bonds. The van der Waals surface area contributed by atoms with E-state index in [1.54, 1.807) is 6.07 Å². The Morgan fingerprint density at radius 1 is 1.00 bits per heavy atom. The zero-order chi connectivity index (χ0) is 22.5. The van der Waals surface area contributed by atoms with Crippen LogP contribution in [0.1, 0.15) is 21.5 Å². The first-order chi connectivity index (χ1) is 15.5. The first-order valence-corrected chi connectivity index (χ1v) is 11.6. The summed E-state index contributed by atoms with van der Waals surface area (Å²) in [5.74, 6) is 0.459. The number of amides is 1. The van der Waals surface area contributed by atoms with Crippen LogP contribution in [0.25, 0.3) is 0 Å². The summed E-state index contributed by atoms with van der Waals surface area (Å²) in [6.45, 7) is 3.79. The Labute approximate surface area is 200 Å². The average molecular weight is 518 g/mol. The van der Waals surface area contributed by atoms with Gasteiger partial charge in [0.05, 0.1) is 0 Å². The molecule has 1 heterocycles. The maximum Gasteiger partial charge on any atom is 0.253 e. The average Bonchev–Trinajstić information content (AvgIpc) is 2.80. The first-order valence-electron chi connectivity index (χ1n) is 10.4. The van der Waals surface area contributed by atoms with Gasteiger partial charge in [-0.3, -0.25) is 9.69 Å². The molecule has 0 radical (unpaired) electrons. The summed E-state index contributed by atoms with van der Waals surface area (Å²) in [6.07, 6.45) is 0. The SMILES string of the molecule is O=C(c1cccc(COc2cccc(Br)c2)c1)N1CCN(Cc2ccc(F)cc2Cl)CC1. The lowest BCUT2D eigenvalue weighted by Crippen LogP contribution is -2.48. The van der Waals surface area contributed by atoms with E-state index in [0.29, 0.717) is 36.8 Å². The van der Waals surface area contributed by atoms with Crippen molar-refractivity contribution in [2.75, 3.05) is 26.2 Å². The Morgan fingerprint density at radius 3 is 2.53 bits per heavy atom. The van der Waals surface area contributed by atoms with Crippen LogP contribution in [0.4, 0.5) is 4.39 Å². The van der Waals surface area contributed by atoms with Crippen molar-refractivity contribution in [2.45, 2.75) is 13.2 Å². The number of carbonyl (C=O) groups is 1. The van der Waals surface area contributed by atoms with E-state index in [2.05, 4.69) is 20.8 Å². The molecule has 0 spiro atoms. The summed E-state index contributed by atoms with van der Waals surface area (Å²) in [7, 11) is 0. The summed E-state index contributed by atoms with van der Waals surface area (Å²) in [6, 6.07) is 19.7. The smallest absolute Gasteiger partial charge is 0.253 e. The third-order valence-electron chi connectivity index (χ3n) is 5.44. The Hall–Kier alpha value is -2.41. The quantitative estimate of drug-likeness (QED) is 0.416. The van der Waals surface area contributed by atoms with Gasteiger partial charge in [0.25, 0.3) is 5.91 Å². The Balaban J connectivity index is 1.32. The number of hydrogen-bond acceptors (Lipinski definition) is 3. The van der Waals surface area contributed by atoms with Gasteiger partial charge in [-0.15, -0.1) is 0 Å². The zero-order valence-electron chi connectivity index (χ0n) is 17.4. The minimum Gasteiger partial charge on any atom is -0.489 e. The van der Waals surface area contributed by atoms with E-state index >= 15 is 0 Å². The lowest BCUT2D eigenvalue weighted by atomic mass is 10.1. The molecule has 3 aromatic carbocycles. The normalized spacial score (nSPS) is 14.4. The molecule has 0 aromatic heterocycles. The molecular formula is C25H23BrClFN2O2. The molecule has 4 nitrogen and oxygen atoms in total. The van der Waals surface area contributed by atoms with Gasteiger partial charge in [-0.2, -0.15) is 0 Å². The number of hydrogen-bond donors (Lipinski definition) is 0. The number of halogens is 3. The Morgan fingerprint density at radius 2 is 1.78 bits per heavy atom. The van der Waals surface area contributed by atoms with Crippen molar-refractivity contribution in [2.24, 2.45) is 0 Å². The molecule has 1 aliphatic rings. The minimum atomic E-state index is -0.335. The standard InChI is InChI=1S/C25H23BrClFN2O2/c26-21-5-2-6-23(14-21)32-17-18-3-1-4-19(13-18)25(31)30-11-9-29(10-12-30)16-20-7-8-22(28)15-24(20)27/h1-8,13-15H,9-12,16-17H2. The van der Waals surface area contributed by atoms with Crippen molar-refractivity contribution in [1.29, 1.82) is 0 Å². The van der Waals surface area contributed by atoms with Gasteiger partial charge in [0.2, 0.25) is 0 Å². The van der Waals surface area contributed by atoms with Crippen LogP contribution in [0.3, 0.4) is 0 Å². The predicted octanol–water partition coefficient (Wildman–Crippen LogP) is 5.78. The van der Waals surface area contributed by atoms with Crippen molar-refractivity contribution in [1.82, 2.24) is 9.80 Å². The highest BCUT2D eigenvalue weighted by atomic mass is 79.9. The number of nitrogens with zero attached hydrogens (tertiary/aromatic N) is 2. The van der Waals surface area contributed by atoms with Gasteiger partial charge in [-0.05, 0) is 53.6 Å². The van der Waals surface area contributed by atoms with Gasteiger partial charge in [0.15, 0.2) is 0 Å². The summed E-state index contributed by atoms with van der Waals surface area (Å²) < 4.78 is 20.1. The Kier molecular flexibility index (Phi) is 7.45. The molecule has 3 aromatic rings. The van der Waals surface area contributed by atoms with E-state index in [-0.39, 0.29) is 11.7 Å². The third kappa shape index (κ3) is 5.88. The fraction of sp³-hybridized carbons (Fsp3) is 0.240. The highest BCUT2D eigenvalue weighted by Gasteiger charge is 2.23. The monoisotopic (exact) mass is 516 g/mol. The van der Waals surface area contributed by atoms with Crippen LogP contribution in [-0.4, -0.2) is 41.9 Å². The molecule has 7 heteroatoms. The van der Waals surface area contributed by atoms with E-state index in [1.807, 2.05) is 53.4 Å².